The van der Waals surface area contributed by atoms with Crippen LogP contribution in [0.4, 0.5) is 5.82 Å². The van der Waals surface area contributed by atoms with Crippen LogP contribution in [0.3, 0.4) is 0 Å². The van der Waals surface area contributed by atoms with Gasteiger partial charge in [0, 0.05) is 43.8 Å². The monoisotopic (exact) mass is 360 g/mol. The Morgan fingerprint density at radius 1 is 1.07 bits per heavy atom. The fourth-order valence-electron chi connectivity index (χ4n) is 2.86. The van der Waals surface area contributed by atoms with Crippen molar-refractivity contribution in [3.63, 3.8) is 0 Å². The number of carbonyl (C=O) groups is 1. The molecule has 3 aromatic rings. The van der Waals surface area contributed by atoms with Crippen LogP contribution in [-0.2, 0) is 6.42 Å². The van der Waals surface area contributed by atoms with E-state index in [4.69, 9.17) is 0 Å². The molecule has 1 unspecified atom stereocenters. The van der Waals surface area contributed by atoms with E-state index in [0.717, 1.165) is 6.42 Å². The van der Waals surface area contributed by atoms with Crippen LogP contribution in [0.2, 0.25) is 0 Å². The summed E-state index contributed by atoms with van der Waals surface area (Å²) in [5, 5.41) is 3.36. The highest BCUT2D eigenvalue weighted by Crippen LogP contribution is 2.18. The average Bonchev–Trinajstić information content (AvgIpc) is 2.73. The SMILES string of the molecule is CC(Nc1cc(C(=O)N(C)CCc2ccncc2)ccn1)c1ccccc1. The number of carbonyl (C=O) groups excluding carboxylic acids is 1. The number of aromatic nitrogens is 2. The molecule has 3 rings (SSSR count). The number of amides is 1. The van der Waals surface area contributed by atoms with Crippen molar-refractivity contribution in [1.82, 2.24) is 14.9 Å². The molecule has 1 N–H and O–H groups in total. The van der Waals surface area contributed by atoms with Gasteiger partial charge in [-0.3, -0.25) is 9.78 Å². The molecule has 0 saturated carbocycles. The van der Waals surface area contributed by atoms with Gasteiger partial charge in [-0.05, 0) is 48.7 Å². The number of hydrogen-bond donors (Lipinski definition) is 1. The van der Waals surface area contributed by atoms with Crippen molar-refractivity contribution in [3.05, 3.63) is 89.9 Å². The molecule has 0 aliphatic rings. The van der Waals surface area contributed by atoms with Crippen LogP contribution in [0.25, 0.3) is 0 Å². The zero-order valence-electron chi connectivity index (χ0n) is 15.7. The van der Waals surface area contributed by atoms with Crippen molar-refractivity contribution in [1.29, 1.82) is 0 Å². The fourth-order valence-corrected chi connectivity index (χ4v) is 2.86. The van der Waals surface area contributed by atoms with Crippen molar-refractivity contribution in [2.24, 2.45) is 0 Å². The predicted octanol–water partition coefficient (Wildman–Crippen LogP) is 3.96. The Balaban J connectivity index is 1.62. The van der Waals surface area contributed by atoms with Gasteiger partial charge < -0.3 is 10.2 Å². The van der Waals surface area contributed by atoms with Gasteiger partial charge in [0.15, 0.2) is 0 Å². The molecule has 0 aliphatic heterocycles. The van der Waals surface area contributed by atoms with Gasteiger partial charge in [0.25, 0.3) is 5.91 Å². The van der Waals surface area contributed by atoms with Gasteiger partial charge in [-0.25, -0.2) is 4.98 Å². The molecule has 1 aromatic carbocycles. The summed E-state index contributed by atoms with van der Waals surface area (Å²) in [6.07, 6.45) is 6.01. The summed E-state index contributed by atoms with van der Waals surface area (Å²) >= 11 is 0. The maximum Gasteiger partial charge on any atom is 0.253 e. The summed E-state index contributed by atoms with van der Waals surface area (Å²) in [5.74, 6) is 0.682. The first-order chi connectivity index (χ1) is 13.1. The highest BCUT2D eigenvalue weighted by molar-refractivity contribution is 5.94. The molecular formula is C22H24N4O. The van der Waals surface area contributed by atoms with Crippen LogP contribution in [0.15, 0.2) is 73.2 Å². The van der Waals surface area contributed by atoms with E-state index >= 15 is 0 Å². The molecule has 2 aromatic heterocycles. The smallest absolute Gasteiger partial charge is 0.253 e. The van der Waals surface area contributed by atoms with Crippen molar-refractivity contribution in [2.45, 2.75) is 19.4 Å². The normalized spacial score (nSPS) is 11.6. The topological polar surface area (TPSA) is 58.1 Å². The summed E-state index contributed by atoms with van der Waals surface area (Å²) in [6, 6.07) is 17.8. The number of hydrogen-bond acceptors (Lipinski definition) is 4. The fraction of sp³-hybridized carbons (Fsp3) is 0.227. The predicted molar refractivity (Wildman–Crippen MR) is 108 cm³/mol. The van der Waals surface area contributed by atoms with E-state index in [1.165, 1.54) is 11.1 Å². The van der Waals surface area contributed by atoms with E-state index in [9.17, 15) is 4.79 Å². The molecule has 1 amide bonds. The molecule has 1 atom stereocenters. The second-order valence-corrected chi connectivity index (χ2v) is 6.54. The van der Waals surface area contributed by atoms with Gasteiger partial charge in [0.1, 0.15) is 5.82 Å². The molecule has 0 bridgehead atoms. The minimum Gasteiger partial charge on any atom is -0.364 e. The number of pyridine rings is 2. The summed E-state index contributed by atoms with van der Waals surface area (Å²) < 4.78 is 0. The van der Waals surface area contributed by atoms with E-state index in [1.54, 1.807) is 29.6 Å². The molecule has 0 aliphatic carbocycles. The minimum atomic E-state index is -0.0122. The molecule has 0 saturated heterocycles. The molecule has 138 valence electrons. The Morgan fingerprint density at radius 3 is 2.56 bits per heavy atom. The Hall–Kier alpha value is -3.21. The first-order valence-electron chi connectivity index (χ1n) is 9.05. The molecule has 0 spiro atoms. The van der Waals surface area contributed by atoms with Gasteiger partial charge in [-0.15, -0.1) is 0 Å². The third-order valence-electron chi connectivity index (χ3n) is 4.50. The quantitative estimate of drug-likeness (QED) is 0.693. The number of nitrogens with zero attached hydrogens (tertiary/aromatic N) is 3. The lowest BCUT2D eigenvalue weighted by Crippen LogP contribution is -2.29. The Bertz CT molecular complexity index is 868. The third kappa shape index (κ3) is 5.14. The molecule has 0 radical (unpaired) electrons. The highest BCUT2D eigenvalue weighted by atomic mass is 16.2. The van der Waals surface area contributed by atoms with Crippen molar-refractivity contribution < 1.29 is 4.79 Å². The van der Waals surface area contributed by atoms with E-state index in [1.807, 2.05) is 43.4 Å². The van der Waals surface area contributed by atoms with E-state index in [2.05, 4.69) is 34.3 Å². The van der Waals surface area contributed by atoms with Gasteiger partial charge in [-0.2, -0.15) is 0 Å². The van der Waals surface area contributed by atoms with E-state index in [-0.39, 0.29) is 11.9 Å². The first-order valence-corrected chi connectivity index (χ1v) is 9.05. The maximum absolute atomic E-state index is 12.7. The van der Waals surface area contributed by atoms with Crippen LogP contribution < -0.4 is 5.32 Å². The molecule has 5 heteroatoms. The Labute approximate surface area is 160 Å². The largest absolute Gasteiger partial charge is 0.364 e. The van der Waals surface area contributed by atoms with Crippen molar-refractivity contribution >= 4 is 11.7 Å². The zero-order valence-corrected chi connectivity index (χ0v) is 15.7. The lowest BCUT2D eigenvalue weighted by Gasteiger charge is -2.19. The number of likely N-dealkylation sites (N-methyl/N-ethyl adjacent to an activating group) is 1. The lowest BCUT2D eigenvalue weighted by molar-refractivity contribution is 0.0796. The summed E-state index contributed by atoms with van der Waals surface area (Å²) in [4.78, 5) is 22.8. The standard InChI is InChI=1S/C22H24N4O/c1-17(19-6-4-3-5-7-19)25-21-16-20(10-14-24-21)22(27)26(2)15-11-18-8-12-23-13-9-18/h3-10,12-14,16-17H,11,15H2,1-2H3,(H,24,25). The third-order valence-corrected chi connectivity index (χ3v) is 4.50. The van der Waals surface area contributed by atoms with Gasteiger partial charge in [0.05, 0.1) is 0 Å². The average molecular weight is 360 g/mol. The molecule has 0 fully saturated rings. The van der Waals surface area contributed by atoms with Crippen LogP contribution in [0.5, 0.6) is 0 Å². The van der Waals surface area contributed by atoms with Crippen LogP contribution >= 0.6 is 0 Å². The Morgan fingerprint density at radius 2 is 1.81 bits per heavy atom. The van der Waals surface area contributed by atoms with Crippen LogP contribution in [0, 0.1) is 0 Å². The van der Waals surface area contributed by atoms with Gasteiger partial charge >= 0.3 is 0 Å². The number of anilines is 1. The van der Waals surface area contributed by atoms with Gasteiger partial charge in [-0.1, -0.05) is 30.3 Å². The van der Waals surface area contributed by atoms with E-state index < -0.39 is 0 Å². The van der Waals surface area contributed by atoms with E-state index in [0.29, 0.717) is 17.9 Å². The summed E-state index contributed by atoms with van der Waals surface area (Å²) in [7, 11) is 1.82. The van der Waals surface area contributed by atoms with Gasteiger partial charge in [0.2, 0.25) is 0 Å². The molecule has 2 heterocycles. The summed E-state index contributed by atoms with van der Waals surface area (Å²) in [6.45, 7) is 2.72. The highest BCUT2D eigenvalue weighted by Gasteiger charge is 2.13. The number of rotatable bonds is 7. The van der Waals surface area contributed by atoms with Crippen LogP contribution in [0.1, 0.15) is 34.5 Å². The minimum absolute atomic E-state index is 0.0122. The second-order valence-electron chi connectivity index (χ2n) is 6.54. The second kappa shape index (κ2) is 8.94. The van der Waals surface area contributed by atoms with Crippen molar-refractivity contribution in [3.8, 4) is 0 Å². The number of benzene rings is 1. The maximum atomic E-state index is 12.7. The number of nitrogens with one attached hydrogen (secondary N) is 1. The zero-order chi connectivity index (χ0) is 19.1. The van der Waals surface area contributed by atoms with Crippen LogP contribution in [-0.4, -0.2) is 34.4 Å². The first kappa shape index (κ1) is 18.6. The molecule has 27 heavy (non-hydrogen) atoms. The molecule has 5 nitrogen and oxygen atoms in total. The van der Waals surface area contributed by atoms with Crippen molar-refractivity contribution in [2.75, 3.05) is 18.9 Å². The summed E-state index contributed by atoms with van der Waals surface area (Å²) in [5.41, 5.74) is 2.97. The Kier molecular flexibility index (Phi) is 6.15. The molecular weight excluding hydrogens is 336 g/mol. The lowest BCUT2D eigenvalue weighted by atomic mass is 10.1.